The predicted octanol–water partition coefficient (Wildman–Crippen LogP) is 2.56. The van der Waals surface area contributed by atoms with Crippen LogP contribution in [0.1, 0.15) is 39.5 Å². The van der Waals surface area contributed by atoms with Gasteiger partial charge in [-0.3, -0.25) is 0 Å². The van der Waals surface area contributed by atoms with Gasteiger partial charge in [-0.05, 0) is 43.1 Å². The Bertz CT molecular complexity index is 433. The van der Waals surface area contributed by atoms with Gasteiger partial charge in [-0.25, -0.2) is 4.99 Å². The molecule has 3 nitrogen and oxygen atoms in total. The highest BCUT2D eigenvalue weighted by atomic mass is 15.2. The Balaban J connectivity index is 2.04. The minimum Gasteiger partial charge on any atom is -0.370 e. The molecule has 4 atom stereocenters. The molecule has 0 unspecified atom stereocenters. The van der Waals surface area contributed by atoms with Crippen molar-refractivity contribution in [3.8, 4) is 0 Å². The third kappa shape index (κ3) is 1.76. The van der Waals surface area contributed by atoms with Gasteiger partial charge in [0.25, 0.3) is 0 Å². The fraction of sp³-hybridized carbons (Fsp3) is 0.667. The number of hydrogen-bond acceptors (Lipinski definition) is 3. The van der Waals surface area contributed by atoms with Gasteiger partial charge in [0.15, 0.2) is 5.96 Å². The maximum absolute atomic E-state index is 5.94. The molecule has 1 fully saturated rings. The fourth-order valence-corrected chi connectivity index (χ4v) is 3.94. The van der Waals surface area contributed by atoms with Crippen molar-refractivity contribution in [1.82, 2.24) is 5.32 Å². The van der Waals surface area contributed by atoms with Gasteiger partial charge in [0, 0.05) is 11.6 Å². The maximum atomic E-state index is 5.94. The maximum Gasteiger partial charge on any atom is 0.193 e. The average Bonchev–Trinajstić information content (AvgIpc) is 2.72. The minimum atomic E-state index is 0.434. The highest BCUT2D eigenvalue weighted by Crippen LogP contribution is 2.48. The van der Waals surface area contributed by atoms with Crippen LogP contribution >= 0.6 is 0 Å². The van der Waals surface area contributed by atoms with Gasteiger partial charge in [0.05, 0.1) is 6.04 Å². The Kier molecular flexibility index (Phi) is 2.92. The number of nitrogens with zero attached hydrogens (tertiary/aromatic N) is 1. The number of allylic oxidation sites excluding steroid dienone is 3. The van der Waals surface area contributed by atoms with Gasteiger partial charge >= 0.3 is 0 Å². The quantitative estimate of drug-likeness (QED) is 0.785. The van der Waals surface area contributed by atoms with Gasteiger partial charge in [-0.2, -0.15) is 0 Å². The number of rotatable bonds is 2. The summed E-state index contributed by atoms with van der Waals surface area (Å²) in [5.74, 6) is 2.66. The lowest BCUT2D eigenvalue weighted by Crippen LogP contribution is -2.45. The summed E-state index contributed by atoms with van der Waals surface area (Å²) in [4.78, 5) is 4.59. The zero-order valence-electron chi connectivity index (χ0n) is 11.3. The van der Waals surface area contributed by atoms with E-state index in [2.05, 4.69) is 36.3 Å². The summed E-state index contributed by atoms with van der Waals surface area (Å²) in [6.07, 6.45) is 9.48. The molecule has 2 aliphatic carbocycles. The summed E-state index contributed by atoms with van der Waals surface area (Å²) in [5, 5.41) is 3.36. The molecular weight excluding hydrogens is 222 g/mol. The molecule has 0 aromatic heterocycles. The molecule has 0 spiro atoms. The second-order valence-electron chi connectivity index (χ2n) is 5.89. The van der Waals surface area contributed by atoms with E-state index in [0.717, 1.165) is 12.3 Å². The summed E-state index contributed by atoms with van der Waals surface area (Å²) >= 11 is 0. The molecule has 3 rings (SSSR count). The molecule has 1 aliphatic heterocycles. The smallest absolute Gasteiger partial charge is 0.193 e. The van der Waals surface area contributed by atoms with E-state index in [-0.39, 0.29) is 0 Å². The van der Waals surface area contributed by atoms with Crippen molar-refractivity contribution in [1.29, 1.82) is 0 Å². The molecule has 3 heteroatoms. The standard InChI is InChI=1S/C15H23N3/c1-3-4-5-11-9(2)8-10-6-7-12-13(10)14(11)18-15(16)17-12/h4-5,9-10,12-13H,3,6-8H2,1-2H3,(H3,16,17,18)/b5-4+/t9-,10-,12-,13+/m0/s1. The van der Waals surface area contributed by atoms with Gasteiger partial charge in [0.2, 0.25) is 0 Å². The van der Waals surface area contributed by atoms with E-state index < -0.39 is 0 Å². The first-order valence-corrected chi connectivity index (χ1v) is 7.21. The van der Waals surface area contributed by atoms with E-state index in [1.807, 2.05) is 0 Å². The van der Waals surface area contributed by atoms with Crippen LogP contribution in [-0.4, -0.2) is 12.0 Å². The van der Waals surface area contributed by atoms with Crippen molar-refractivity contribution in [2.75, 3.05) is 0 Å². The van der Waals surface area contributed by atoms with Crippen LogP contribution in [-0.2, 0) is 0 Å². The second-order valence-corrected chi connectivity index (χ2v) is 5.89. The Labute approximate surface area is 109 Å². The van der Waals surface area contributed by atoms with Crippen molar-refractivity contribution in [3.63, 3.8) is 0 Å². The molecular formula is C15H23N3. The molecule has 18 heavy (non-hydrogen) atoms. The van der Waals surface area contributed by atoms with Crippen LogP contribution in [0.15, 0.2) is 28.4 Å². The number of aliphatic imine (C=N–C) groups is 1. The van der Waals surface area contributed by atoms with E-state index >= 15 is 0 Å². The number of hydrogen-bond donors (Lipinski definition) is 2. The average molecular weight is 245 g/mol. The molecule has 0 saturated heterocycles. The van der Waals surface area contributed by atoms with Gasteiger partial charge in [0.1, 0.15) is 0 Å². The summed E-state index contributed by atoms with van der Waals surface area (Å²) in [6, 6.07) is 0.434. The van der Waals surface area contributed by atoms with Gasteiger partial charge in [-0.1, -0.05) is 26.0 Å². The molecule has 0 amide bonds. The Hall–Kier alpha value is -1.25. The van der Waals surface area contributed by atoms with E-state index in [9.17, 15) is 0 Å². The Morgan fingerprint density at radius 1 is 1.44 bits per heavy atom. The molecule has 0 aromatic rings. The molecule has 0 radical (unpaired) electrons. The summed E-state index contributed by atoms with van der Waals surface area (Å²) in [5.41, 5.74) is 8.78. The van der Waals surface area contributed by atoms with Crippen LogP contribution in [0.2, 0.25) is 0 Å². The first kappa shape index (κ1) is 11.8. The van der Waals surface area contributed by atoms with Crippen LogP contribution in [0.3, 0.4) is 0 Å². The molecule has 98 valence electrons. The largest absolute Gasteiger partial charge is 0.370 e. The molecule has 1 heterocycles. The molecule has 3 N–H and O–H groups in total. The van der Waals surface area contributed by atoms with Crippen LogP contribution in [0.4, 0.5) is 0 Å². The SMILES string of the molecule is CC/C=C/C1=C2NC(N)=N[C@H]3CC[C@@H](C[C@@H]1C)[C@@H]23. The third-order valence-electron chi connectivity index (χ3n) is 4.69. The molecule has 3 aliphatic rings. The Morgan fingerprint density at radius 3 is 3.06 bits per heavy atom. The highest BCUT2D eigenvalue weighted by molar-refractivity contribution is 5.81. The summed E-state index contributed by atoms with van der Waals surface area (Å²) in [7, 11) is 0. The molecule has 0 aromatic carbocycles. The van der Waals surface area contributed by atoms with Crippen LogP contribution in [0, 0.1) is 17.8 Å². The van der Waals surface area contributed by atoms with E-state index in [4.69, 9.17) is 5.73 Å². The fourth-order valence-electron chi connectivity index (χ4n) is 3.94. The topological polar surface area (TPSA) is 50.4 Å². The van der Waals surface area contributed by atoms with E-state index in [0.29, 0.717) is 23.8 Å². The van der Waals surface area contributed by atoms with Crippen molar-refractivity contribution in [2.45, 2.75) is 45.6 Å². The van der Waals surface area contributed by atoms with E-state index in [1.54, 1.807) is 0 Å². The van der Waals surface area contributed by atoms with Crippen molar-refractivity contribution in [2.24, 2.45) is 28.5 Å². The van der Waals surface area contributed by atoms with Crippen molar-refractivity contribution < 1.29 is 0 Å². The first-order chi connectivity index (χ1) is 8.70. The molecule has 1 saturated carbocycles. The Morgan fingerprint density at radius 2 is 2.28 bits per heavy atom. The third-order valence-corrected chi connectivity index (χ3v) is 4.69. The zero-order chi connectivity index (χ0) is 12.7. The lowest BCUT2D eigenvalue weighted by molar-refractivity contribution is 0.309. The summed E-state index contributed by atoms with van der Waals surface area (Å²) in [6.45, 7) is 4.52. The normalized spacial score (nSPS) is 38.7. The van der Waals surface area contributed by atoms with Crippen LogP contribution in [0.5, 0.6) is 0 Å². The highest BCUT2D eigenvalue weighted by Gasteiger charge is 2.45. The van der Waals surface area contributed by atoms with Gasteiger partial charge in [-0.15, -0.1) is 0 Å². The first-order valence-electron chi connectivity index (χ1n) is 7.21. The second kappa shape index (κ2) is 4.45. The summed E-state index contributed by atoms with van der Waals surface area (Å²) < 4.78 is 0. The minimum absolute atomic E-state index is 0.434. The lowest BCUT2D eigenvalue weighted by atomic mass is 9.73. The number of guanidine groups is 1. The molecule has 0 bridgehead atoms. The van der Waals surface area contributed by atoms with Crippen LogP contribution < -0.4 is 11.1 Å². The number of nitrogens with one attached hydrogen (secondary N) is 1. The predicted molar refractivity (Wildman–Crippen MR) is 75.0 cm³/mol. The zero-order valence-corrected chi connectivity index (χ0v) is 11.3. The van der Waals surface area contributed by atoms with Crippen molar-refractivity contribution >= 4 is 5.96 Å². The number of nitrogens with two attached hydrogens (primary N) is 1. The van der Waals surface area contributed by atoms with Crippen LogP contribution in [0.25, 0.3) is 0 Å². The van der Waals surface area contributed by atoms with E-state index in [1.165, 1.54) is 30.5 Å². The lowest BCUT2D eigenvalue weighted by Gasteiger charge is -2.38. The van der Waals surface area contributed by atoms with Gasteiger partial charge < -0.3 is 11.1 Å². The monoisotopic (exact) mass is 245 g/mol. The van der Waals surface area contributed by atoms with Crippen molar-refractivity contribution in [3.05, 3.63) is 23.4 Å².